The lowest BCUT2D eigenvalue weighted by Crippen LogP contribution is -2.47. The number of nitrogens with one attached hydrogen (secondary N) is 1. The average Bonchev–Trinajstić information content (AvgIpc) is 2.39. The minimum absolute atomic E-state index is 0.177. The van der Waals surface area contributed by atoms with Crippen molar-refractivity contribution in [2.75, 3.05) is 12.9 Å². The fourth-order valence-corrected chi connectivity index (χ4v) is 3.88. The predicted molar refractivity (Wildman–Crippen MR) is 99.7 cm³/mol. The van der Waals surface area contributed by atoms with Gasteiger partial charge in [0.2, 0.25) is 0 Å². The van der Waals surface area contributed by atoms with Gasteiger partial charge in [0.1, 0.15) is 16.7 Å². The summed E-state index contributed by atoms with van der Waals surface area (Å²) in [6, 6.07) is 1.06. The lowest BCUT2D eigenvalue weighted by Gasteiger charge is -2.27. The van der Waals surface area contributed by atoms with Crippen molar-refractivity contribution in [3.8, 4) is 0 Å². The van der Waals surface area contributed by atoms with Crippen LogP contribution < -0.4 is 5.32 Å². The van der Waals surface area contributed by atoms with Gasteiger partial charge in [-0.25, -0.2) is 9.18 Å². The van der Waals surface area contributed by atoms with Gasteiger partial charge in [-0.05, 0) is 44.5 Å². The van der Waals surface area contributed by atoms with Crippen LogP contribution in [0.1, 0.15) is 31.6 Å². The second-order valence-electron chi connectivity index (χ2n) is 6.88. The summed E-state index contributed by atoms with van der Waals surface area (Å²) in [4.78, 5) is 12.1. The maximum absolute atomic E-state index is 13.7. The lowest BCUT2D eigenvalue weighted by atomic mass is 10.1. The Hall–Kier alpha value is -1.47. The molecule has 0 saturated heterocycles. The van der Waals surface area contributed by atoms with Gasteiger partial charge >= 0.3 is 6.09 Å². The van der Waals surface area contributed by atoms with Crippen molar-refractivity contribution in [2.45, 2.75) is 37.7 Å². The molecule has 0 aliphatic carbocycles. The molecule has 0 aromatic heterocycles. The predicted octanol–water partition coefficient (Wildman–Crippen LogP) is 2.28. The number of carbonyl (C=O) groups excluding carboxylic acids is 1. The van der Waals surface area contributed by atoms with E-state index in [0.29, 0.717) is 6.26 Å². The van der Waals surface area contributed by atoms with Crippen LogP contribution in [-0.4, -0.2) is 52.0 Å². The van der Waals surface area contributed by atoms with Gasteiger partial charge in [0, 0.05) is 5.02 Å². The number of rotatable bonds is 7. The van der Waals surface area contributed by atoms with Crippen LogP contribution in [0, 0.1) is 5.82 Å². The molecule has 0 unspecified atom stereocenters. The summed E-state index contributed by atoms with van der Waals surface area (Å²) in [5.74, 6) is -0.906. The summed E-state index contributed by atoms with van der Waals surface area (Å²) in [6.45, 7) is 3.75. The molecule has 160 valence electrons. The van der Waals surface area contributed by atoms with Gasteiger partial charge < -0.3 is 10.1 Å². The van der Waals surface area contributed by atoms with E-state index in [2.05, 4.69) is 9.50 Å². The summed E-state index contributed by atoms with van der Waals surface area (Å²) in [6.07, 6.45) is -0.398. The molecule has 1 aromatic carbocycles. The molecule has 1 amide bonds. The summed E-state index contributed by atoms with van der Waals surface area (Å²) in [7, 11) is -9.01. The first kappa shape index (κ1) is 24.6. The Bertz CT molecular complexity index is 908. The standard InChI is InChI=1S/C15H21ClFNO8S2/c1-15(2,3)26-14(19)18-12(8-25-27(4,20)21)13(28(22,23)24)9-5-10(16)7-11(17)6-9/h5-7,12-13H,8H2,1-4H3,(H,18,19)(H,22,23,24)/t12-,13-/m0/s1. The Morgan fingerprint density at radius 1 is 1.25 bits per heavy atom. The molecule has 0 aliphatic rings. The van der Waals surface area contributed by atoms with Crippen molar-refractivity contribution >= 4 is 37.9 Å². The first-order valence-electron chi connectivity index (χ1n) is 7.74. The van der Waals surface area contributed by atoms with Crippen molar-refractivity contribution < 1.29 is 39.5 Å². The molecule has 13 heteroatoms. The van der Waals surface area contributed by atoms with Gasteiger partial charge in [0.05, 0.1) is 18.9 Å². The zero-order chi connectivity index (χ0) is 21.9. The third kappa shape index (κ3) is 8.69. The third-order valence-electron chi connectivity index (χ3n) is 3.06. The van der Waals surface area contributed by atoms with Crippen LogP contribution in [0.4, 0.5) is 9.18 Å². The maximum Gasteiger partial charge on any atom is 0.408 e. The molecule has 9 nitrogen and oxygen atoms in total. The van der Waals surface area contributed by atoms with Crippen LogP contribution in [-0.2, 0) is 29.2 Å². The molecule has 1 rings (SSSR count). The fraction of sp³-hybridized carbons (Fsp3) is 0.533. The molecule has 0 spiro atoms. The molecule has 0 fully saturated rings. The van der Waals surface area contributed by atoms with E-state index < -0.39 is 55.6 Å². The van der Waals surface area contributed by atoms with Crippen molar-refractivity contribution in [3.05, 3.63) is 34.6 Å². The van der Waals surface area contributed by atoms with E-state index in [9.17, 15) is 30.6 Å². The molecule has 0 heterocycles. The van der Waals surface area contributed by atoms with Gasteiger partial charge in [-0.1, -0.05) is 11.6 Å². The first-order chi connectivity index (χ1) is 12.5. The van der Waals surface area contributed by atoms with E-state index in [1.54, 1.807) is 20.8 Å². The summed E-state index contributed by atoms with van der Waals surface area (Å²) < 4.78 is 79.5. The second-order valence-corrected chi connectivity index (χ2v) is 10.5. The molecule has 0 radical (unpaired) electrons. The van der Waals surface area contributed by atoms with Crippen molar-refractivity contribution in [1.29, 1.82) is 0 Å². The molecule has 0 saturated carbocycles. The Labute approximate surface area is 168 Å². The van der Waals surface area contributed by atoms with Crippen LogP contribution in [0.3, 0.4) is 0 Å². The molecule has 0 aliphatic heterocycles. The summed E-state index contributed by atoms with van der Waals surface area (Å²) in [5.41, 5.74) is -1.28. The Kier molecular flexibility index (Phi) is 7.81. The van der Waals surface area contributed by atoms with Crippen molar-refractivity contribution in [1.82, 2.24) is 5.32 Å². The molecular weight excluding hydrogens is 441 g/mol. The van der Waals surface area contributed by atoms with Crippen LogP contribution >= 0.6 is 11.6 Å². The molecule has 0 bridgehead atoms. The lowest BCUT2D eigenvalue weighted by molar-refractivity contribution is 0.0486. The van der Waals surface area contributed by atoms with Crippen LogP contribution in [0.25, 0.3) is 0 Å². The van der Waals surface area contributed by atoms with E-state index in [4.69, 9.17) is 16.3 Å². The number of hydrogen-bond acceptors (Lipinski definition) is 7. The number of carbonyl (C=O) groups is 1. The zero-order valence-corrected chi connectivity index (χ0v) is 17.9. The molecule has 2 N–H and O–H groups in total. The second kappa shape index (κ2) is 8.91. The minimum Gasteiger partial charge on any atom is -0.444 e. The van der Waals surface area contributed by atoms with E-state index in [-0.39, 0.29) is 10.6 Å². The monoisotopic (exact) mass is 461 g/mol. The average molecular weight is 462 g/mol. The Morgan fingerprint density at radius 2 is 1.82 bits per heavy atom. The highest BCUT2D eigenvalue weighted by Crippen LogP contribution is 2.29. The largest absolute Gasteiger partial charge is 0.444 e. The summed E-state index contributed by atoms with van der Waals surface area (Å²) >= 11 is 5.74. The number of ether oxygens (including phenoxy) is 1. The van der Waals surface area contributed by atoms with E-state index in [1.807, 2.05) is 0 Å². The smallest absolute Gasteiger partial charge is 0.408 e. The zero-order valence-electron chi connectivity index (χ0n) is 15.5. The first-order valence-corrected chi connectivity index (χ1v) is 11.4. The van der Waals surface area contributed by atoms with Crippen LogP contribution in [0.2, 0.25) is 5.02 Å². The molecule has 2 atom stereocenters. The number of benzene rings is 1. The van der Waals surface area contributed by atoms with Crippen LogP contribution in [0.15, 0.2) is 18.2 Å². The molecule has 28 heavy (non-hydrogen) atoms. The molecule has 1 aromatic rings. The van der Waals surface area contributed by atoms with E-state index >= 15 is 0 Å². The Balaban J connectivity index is 3.39. The Morgan fingerprint density at radius 3 is 2.25 bits per heavy atom. The normalized spacial score (nSPS) is 15.0. The van der Waals surface area contributed by atoms with Gasteiger partial charge in [0.15, 0.2) is 0 Å². The fourth-order valence-electron chi connectivity index (χ4n) is 2.21. The molecular formula is C15H21ClFNO8S2. The van der Waals surface area contributed by atoms with Gasteiger partial charge in [-0.15, -0.1) is 0 Å². The van der Waals surface area contributed by atoms with Crippen LogP contribution in [0.5, 0.6) is 0 Å². The number of hydrogen-bond donors (Lipinski definition) is 2. The number of amides is 1. The quantitative estimate of drug-likeness (QED) is 0.466. The highest BCUT2D eigenvalue weighted by Gasteiger charge is 2.37. The highest BCUT2D eigenvalue weighted by atomic mass is 35.5. The highest BCUT2D eigenvalue weighted by molar-refractivity contribution is 7.86. The SMILES string of the molecule is CC(C)(C)OC(=O)N[C@@H](COS(C)(=O)=O)[C@H](c1cc(F)cc(Cl)c1)S(=O)(=O)O. The van der Waals surface area contributed by atoms with Gasteiger partial charge in [-0.2, -0.15) is 16.8 Å². The maximum atomic E-state index is 13.7. The van der Waals surface area contributed by atoms with Gasteiger partial charge in [-0.3, -0.25) is 8.74 Å². The van der Waals surface area contributed by atoms with Crippen molar-refractivity contribution in [2.24, 2.45) is 0 Å². The van der Waals surface area contributed by atoms with Crippen molar-refractivity contribution in [3.63, 3.8) is 0 Å². The number of alkyl carbamates (subject to hydrolysis) is 1. The topological polar surface area (TPSA) is 136 Å². The van der Waals surface area contributed by atoms with E-state index in [0.717, 1.165) is 18.2 Å². The van der Waals surface area contributed by atoms with E-state index in [1.165, 1.54) is 0 Å². The number of halogens is 2. The minimum atomic E-state index is -4.98. The van der Waals surface area contributed by atoms with Gasteiger partial charge in [0.25, 0.3) is 20.2 Å². The third-order valence-corrected chi connectivity index (χ3v) is 5.09. The summed E-state index contributed by atoms with van der Waals surface area (Å²) in [5, 5.41) is -0.0330.